The Morgan fingerprint density at radius 2 is 2.06 bits per heavy atom. The molecule has 2 rings (SSSR count). The zero-order valence-corrected chi connectivity index (χ0v) is 11.5. The number of rotatable bonds is 4. The van der Waals surface area contributed by atoms with Gasteiger partial charge in [0.05, 0.1) is 6.04 Å². The van der Waals surface area contributed by atoms with Gasteiger partial charge in [-0.25, -0.2) is 0 Å². The van der Waals surface area contributed by atoms with Crippen LogP contribution >= 0.6 is 0 Å². The monoisotopic (exact) mass is 251 g/mol. The Hall–Kier alpha value is -0.510. The van der Waals surface area contributed by atoms with E-state index >= 15 is 0 Å². The summed E-state index contributed by atoms with van der Waals surface area (Å²) in [4.78, 5) is 0. The topological polar surface area (TPSA) is 26.3 Å². The van der Waals surface area contributed by atoms with Crippen molar-refractivity contribution in [3.05, 3.63) is 35.9 Å². The van der Waals surface area contributed by atoms with E-state index in [2.05, 4.69) is 42.4 Å². The molecule has 3 heteroatoms. The molecule has 0 amide bonds. The van der Waals surface area contributed by atoms with Gasteiger partial charge in [-0.05, 0) is 24.3 Å². The Balaban J connectivity index is 2.07. The summed E-state index contributed by atoms with van der Waals surface area (Å²) < 4.78 is 14.5. The van der Waals surface area contributed by atoms with Gasteiger partial charge in [0.2, 0.25) is 0 Å². The summed E-state index contributed by atoms with van der Waals surface area (Å²) in [5.74, 6) is 1.27. The number of benzene rings is 1. The molecule has 0 radical (unpaired) electrons. The Kier molecular flexibility index (Phi) is 4.48. The maximum Gasteiger partial charge on any atom is 0.128 e. The van der Waals surface area contributed by atoms with E-state index in [1.54, 1.807) is 0 Å². The molecule has 0 N–H and O–H groups in total. The van der Waals surface area contributed by atoms with Crippen LogP contribution in [0.2, 0.25) is 0 Å². The minimum absolute atomic E-state index is 0.357. The van der Waals surface area contributed by atoms with Gasteiger partial charge in [-0.15, -0.1) is 4.31 Å². The third-order valence-corrected chi connectivity index (χ3v) is 5.04. The maximum absolute atomic E-state index is 12.3. The summed E-state index contributed by atoms with van der Waals surface area (Å²) in [7, 11) is 0. The van der Waals surface area contributed by atoms with Crippen LogP contribution in [0, 0.1) is 5.92 Å². The van der Waals surface area contributed by atoms with Crippen LogP contribution in [-0.2, 0) is 11.4 Å². The Bertz CT molecular complexity index is 341. The predicted octanol–water partition coefficient (Wildman–Crippen LogP) is 3.14. The molecule has 17 heavy (non-hydrogen) atoms. The van der Waals surface area contributed by atoms with E-state index in [-0.39, 0.29) is 0 Å². The lowest BCUT2D eigenvalue weighted by Crippen LogP contribution is -2.34. The Morgan fingerprint density at radius 3 is 2.71 bits per heavy atom. The van der Waals surface area contributed by atoms with Crippen molar-refractivity contribution >= 4 is 11.4 Å². The fraction of sp³-hybridized carbons (Fsp3) is 0.571. The molecule has 94 valence electrons. The van der Waals surface area contributed by atoms with Crippen LogP contribution in [0.1, 0.15) is 38.3 Å². The molecule has 1 unspecified atom stereocenters. The van der Waals surface area contributed by atoms with Gasteiger partial charge in [-0.1, -0.05) is 44.2 Å². The summed E-state index contributed by atoms with van der Waals surface area (Å²) in [6.45, 7) is 5.23. The van der Waals surface area contributed by atoms with E-state index in [9.17, 15) is 4.55 Å². The number of nitrogens with zero attached hydrogens (tertiary/aromatic N) is 1. The number of hydrogen-bond donors (Lipinski definition) is 0. The van der Waals surface area contributed by atoms with Gasteiger partial charge in [0.15, 0.2) is 0 Å². The van der Waals surface area contributed by atoms with Crippen molar-refractivity contribution in [3.63, 3.8) is 0 Å². The molecule has 2 nitrogen and oxygen atoms in total. The minimum Gasteiger partial charge on any atom is -0.598 e. The van der Waals surface area contributed by atoms with Crippen LogP contribution in [0.25, 0.3) is 0 Å². The lowest BCUT2D eigenvalue weighted by molar-refractivity contribution is 0.393. The van der Waals surface area contributed by atoms with Crippen molar-refractivity contribution < 1.29 is 4.55 Å². The van der Waals surface area contributed by atoms with Crippen LogP contribution in [0.4, 0.5) is 0 Å². The second-order valence-corrected chi connectivity index (χ2v) is 6.54. The standard InChI is InChI=1S/C14H21NOS/c1-12(2)11-17(16)15-10-6-9-14(15)13-7-4-3-5-8-13/h3-5,7-8,12,14H,6,9-11H2,1-2H3/t14-,17?/m0/s1. The summed E-state index contributed by atoms with van der Waals surface area (Å²) >= 11 is -0.823. The van der Waals surface area contributed by atoms with Crippen LogP contribution in [0.3, 0.4) is 0 Å². The molecule has 1 aliphatic rings. The molecule has 1 aliphatic heterocycles. The van der Waals surface area contributed by atoms with Gasteiger partial charge in [0.25, 0.3) is 0 Å². The van der Waals surface area contributed by atoms with Crippen LogP contribution in [-0.4, -0.2) is 21.2 Å². The molecule has 2 atom stereocenters. The molecule has 1 aromatic rings. The first-order chi connectivity index (χ1) is 8.18. The van der Waals surface area contributed by atoms with E-state index in [0.717, 1.165) is 25.1 Å². The van der Waals surface area contributed by atoms with Gasteiger partial charge in [0.1, 0.15) is 5.75 Å². The molecule has 0 saturated carbocycles. The SMILES string of the molecule is CC(C)C[S+]([O-])N1CCC[C@H]1c1ccccc1. The third-order valence-electron chi connectivity index (χ3n) is 3.13. The Morgan fingerprint density at radius 1 is 1.35 bits per heavy atom. The van der Waals surface area contributed by atoms with Crippen molar-refractivity contribution in [1.29, 1.82) is 0 Å². The summed E-state index contributed by atoms with van der Waals surface area (Å²) in [5, 5.41) is 0. The maximum atomic E-state index is 12.3. The third kappa shape index (κ3) is 3.24. The first-order valence-electron chi connectivity index (χ1n) is 6.38. The smallest absolute Gasteiger partial charge is 0.128 e. The van der Waals surface area contributed by atoms with E-state index in [0.29, 0.717) is 12.0 Å². The first kappa shape index (κ1) is 12.9. The molecule has 0 spiro atoms. The fourth-order valence-electron chi connectivity index (χ4n) is 2.37. The van der Waals surface area contributed by atoms with E-state index < -0.39 is 11.4 Å². The molecule has 1 fully saturated rings. The van der Waals surface area contributed by atoms with Crippen molar-refractivity contribution in [2.24, 2.45) is 5.92 Å². The minimum atomic E-state index is -0.823. The average molecular weight is 251 g/mol. The highest BCUT2D eigenvalue weighted by Gasteiger charge is 2.34. The molecular formula is C14H21NOS. The van der Waals surface area contributed by atoms with Crippen molar-refractivity contribution in [1.82, 2.24) is 4.31 Å². The normalized spacial score (nSPS) is 23.2. The van der Waals surface area contributed by atoms with Gasteiger partial charge < -0.3 is 4.55 Å². The highest BCUT2D eigenvalue weighted by atomic mass is 32.2. The van der Waals surface area contributed by atoms with Gasteiger partial charge >= 0.3 is 0 Å². The second-order valence-electron chi connectivity index (χ2n) is 5.09. The van der Waals surface area contributed by atoms with Gasteiger partial charge in [0, 0.05) is 17.9 Å². The summed E-state index contributed by atoms with van der Waals surface area (Å²) in [6, 6.07) is 10.8. The highest BCUT2D eigenvalue weighted by Crippen LogP contribution is 2.34. The van der Waals surface area contributed by atoms with Crippen LogP contribution < -0.4 is 0 Å². The molecule has 0 aromatic heterocycles. The zero-order valence-electron chi connectivity index (χ0n) is 10.6. The molecule has 0 bridgehead atoms. The van der Waals surface area contributed by atoms with Crippen LogP contribution in [0.5, 0.6) is 0 Å². The summed E-state index contributed by atoms with van der Waals surface area (Å²) in [6.07, 6.45) is 2.29. The molecule has 1 aromatic carbocycles. The van der Waals surface area contributed by atoms with E-state index in [1.807, 2.05) is 6.07 Å². The largest absolute Gasteiger partial charge is 0.598 e. The summed E-state index contributed by atoms with van der Waals surface area (Å²) in [5.41, 5.74) is 1.31. The molecule has 1 saturated heterocycles. The lowest BCUT2D eigenvalue weighted by Gasteiger charge is -2.27. The molecular weight excluding hydrogens is 230 g/mol. The zero-order chi connectivity index (χ0) is 12.3. The second kappa shape index (κ2) is 5.89. The van der Waals surface area contributed by atoms with Crippen molar-refractivity contribution in [2.45, 2.75) is 32.7 Å². The molecule has 1 heterocycles. The quantitative estimate of drug-likeness (QED) is 0.768. The number of hydrogen-bond acceptors (Lipinski definition) is 2. The Labute approximate surface area is 107 Å². The van der Waals surface area contributed by atoms with E-state index in [1.165, 1.54) is 5.56 Å². The van der Waals surface area contributed by atoms with Gasteiger partial charge in [-0.3, -0.25) is 0 Å². The predicted molar refractivity (Wildman–Crippen MR) is 73.0 cm³/mol. The first-order valence-corrected chi connectivity index (χ1v) is 7.66. The van der Waals surface area contributed by atoms with Crippen molar-refractivity contribution in [2.75, 3.05) is 12.3 Å². The van der Waals surface area contributed by atoms with Gasteiger partial charge in [-0.2, -0.15) is 0 Å². The lowest BCUT2D eigenvalue weighted by atomic mass is 10.1. The average Bonchev–Trinajstić information content (AvgIpc) is 2.78. The van der Waals surface area contributed by atoms with E-state index in [4.69, 9.17) is 0 Å². The van der Waals surface area contributed by atoms with Crippen molar-refractivity contribution in [3.8, 4) is 0 Å². The molecule has 0 aliphatic carbocycles. The highest BCUT2D eigenvalue weighted by molar-refractivity contribution is 7.89. The van der Waals surface area contributed by atoms with Crippen LogP contribution in [0.15, 0.2) is 30.3 Å². The fourth-order valence-corrected chi connectivity index (χ4v) is 3.98.